The van der Waals surface area contributed by atoms with Crippen LogP contribution >= 0.6 is 0 Å². The van der Waals surface area contributed by atoms with Crippen LogP contribution in [0, 0.1) is 11.8 Å². The molecule has 0 saturated carbocycles. The summed E-state index contributed by atoms with van der Waals surface area (Å²) in [5.74, 6) is -2.70. The Balaban J connectivity index is 1.40. The molecule has 3 N–H and O–H groups in total. The number of hydrogen-bond donors (Lipinski definition) is 3. The third-order valence-corrected chi connectivity index (χ3v) is 14.5. The first-order chi connectivity index (χ1) is 33.8. The van der Waals surface area contributed by atoms with Gasteiger partial charge in [0.05, 0.1) is 36.9 Å². The van der Waals surface area contributed by atoms with Crippen LogP contribution in [0.25, 0.3) is 10.8 Å². The number of aliphatic hydroxyl groups is 3. The molecule has 5 rings (SSSR count). The molecule has 3 heterocycles. The number of cyclic esters (lactones) is 1. The maximum atomic E-state index is 14.2. The van der Waals surface area contributed by atoms with Gasteiger partial charge in [-0.05, 0) is 122 Å². The van der Waals surface area contributed by atoms with E-state index >= 15 is 0 Å². The van der Waals surface area contributed by atoms with E-state index in [0.29, 0.717) is 32.4 Å². The number of fused-ring (bicyclic) bond motifs is 1. The predicted molar refractivity (Wildman–Crippen MR) is 265 cm³/mol. The van der Waals surface area contributed by atoms with E-state index in [1.807, 2.05) is 26.1 Å². The summed E-state index contributed by atoms with van der Waals surface area (Å²) in [7, 11) is 6.88. The fraction of sp³-hybridized carbons (Fsp3) is 0.741. The van der Waals surface area contributed by atoms with Crippen molar-refractivity contribution < 1.29 is 72.4 Å². The first-order valence-corrected chi connectivity index (χ1v) is 25.9. The summed E-state index contributed by atoms with van der Waals surface area (Å²) in [5.41, 5.74) is -0.262. The molecule has 3 fully saturated rings. The van der Waals surface area contributed by atoms with E-state index < -0.39 is 109 Å². The number of hydrogen-bond acceptors (Lipinski definition) is 17. The van der Waals surface area contributed by atoms with Gasteiger partial charge in [0.2, 0.25) is 0 Å². The van der Waals surface area contributed by atoms with Crippen LogP contribution in [-0.4, -0.2) is 176 Å². The Morgan fingerprint density at radius 3 is 2.30 bits per heavy atom. The first-order valence-electron chi connectivity index (χ1n) is 25.9. The molecule has 3 saturated heterocycles. The second kappa shape index (κ2) is 27.6. The average Bonchev–Trinajstić information content (AvgIpc) is 3.31. The van der Waals surface area contributed by atoms with Crippen LogP contribution in [0.15, 0.2) is 42.5 Å². The minimum atomic E-state index is -1.50. The predicted octanol–water partition coefficient (Wildman–Crippen LogP) is 5.52. The molecule has 17 heteroatoms. The van der Waals surface area contributed by atoms with Crippen LogP contribution in [-0.2, 0) is 63.5 Å². The van der Waals surface area contributed by atoms with Crippen molar-refractivity contribution in [3.8, 4) is 0 Å². The lowest BCUT2D eigenvalue weighted by atomic mass is 9.82. The topological polar surface area (TPSA) is 209 Å². The number of β-amino-alcohol motifs (C(OH)–C–C–N with tert-alkyl or cyclic N) is 1. The number of aliphatic hydroxyl groups excluding tert-OH is 2. The minimum Gasteiger partial charge on any atom is -0.462 e. The highest BCUT2D eigenvalue weighted by atomic mass is 16.7. The number of aryl methyl sites for hydroxylation is 1. The summed E-state index contributed by atoms with van der Waals surface area (Å²) >= 11 is 0. The molecule has 0 radical (unpaired) electrons. The van der Waals surface area contributed by atoms with E-state index in [0.717, 1.165) is 25.5 Å². The third-order valence-electron chi connectivity index (χ3n) is 14.5. The van der Waals surface area contributed by atoms with Crippen LogP contribution in [0.4, 0.5) is 0 Å². The molecule has 5 unspecified atom stereocenters. The molecule has 16 atom stereocenters. The standard InChI is InChI=1S/C54H84N2O15/c1-11-43(59)68-42-30-45(61)67-40(21-16-13-18-36-23-24-37-19-14-15-20-38(37)29-36)22-17-26-56(9)32-41(58)33(3)28-39(25-27-57)50(51(42)64-10)71-53-48(62)47(55(7)8)49(34(4)66-53)70-46-31-54(6,63)52(35(5)65-46)69-44(60)12-2/h14-15,19-20,23-24,27,29,33-35,39-42,46-53,58,62-63H,11-13,16-18,21-22,25-26,28,30-32H2,1-10H3/t33-,34?,35?,39+,40+,41+,42-,46+,47?,48?,49-,50+,51+,52+,53+,54?/m1/s1. The summed E-state index contributed by atoms with van der Waals surface area (Å²) in [5, 5.41) is 37.8. The van der Waals surface area contributed by atoms with Crippen molar-refractivity contribution in [2.24, 2.45) is 11.8 Å². The van der Waals surface area contributed by atoms with E-state index in [1.54, 1.807) is 53.6 Å². The highest BCUT2D eigenvalue weighted by Gasteiger charge is 2.53. The van der Waals surface area contributed by atoms with Gasteiger partial charge in [0.25, 0.3) is 0 Å². The minimum absolute atomic E-state index is 0.000813. The molecule has 17 nitrogen and oxygen atoms in total. The molecule has 0 amide bonds. The average molecular weight is 1000 g/mol. The molecule has 2 aromatic rings. The van der Waals surface area contributed by atoms with Gasteiger partial charge in [-0.3, -0.25) is 14.4 Å². The Labute approximate surface area is 421 Å². The molecule has 0 spiro atoms. The van der Waals surface area contributed by atoms with E-state index in [9.17, 15) is 34.5 Å². The fourth-order valence-electron chi connectivity index (χ4n) is 10.6. The van der Waals surface area contributed by atoms with Gasteiger partial charge in [-0.1, -0.05) is 63.2 Å². The Bertz CT molecular complexity index is 1990. The number of ether oxygens (including phenoxy) is 8. The number of carbonyl (C=O) groups is 4. The number of aldehydes is 1. The van der Waals surface area contributed by atoms with Crippen molar-refractivity contribution in [2.45, 2.75) is 204 Å². The van der Waals surface area contributed by atoms with Crippen LogP contribution in [0.2, 0.25) is 0 Å². The van der Waals surface area contributed by atoms with E-state index in [-0.39, 0.29) is 44.4 Å². The van der Waals surface area contributed by atoms with Gasteiger partial charge < -0.3 is 67.8 Å². The second-order valence-corrected chi connectivity index (χ2v) is 20.6. The van der Waals surface area contributed by atoms with Crippen LogP contribution in [0.1, 0.15) is 118 Å². The van der Waals surface area contributed by atoms with E-state index in [4.69, 9.17) is 37.9 Å². The number of rotatable bonds is 17. The molecule has 3 aliphatic rings. The molecule has 400 valence electrons. The van der Waals surface area contributed by atoms with Crippen molar-refractivity contribution >= 4 is 35.0 Å². The largest absolute Gasteiger partial charge is 0.462 e. The van der Waals surface area contributed by atoms with Gasteiger partial charge in [-0.15, -0.1) is 0 Å². The Morgan fingerprint density at radius 2 is 1.63 bits per heavy atom. The van der Waals surface area contributed by atoms with Gasteiger partial charge in [-0.2, -0.15) is 0 Å². The van der Waals surface area contributed by atoms with Crippen molar-refractivity contribution in [1.29, 1.82) is 0 Å². The van der Waals surface area contributed by atoms with Crippen LogP contribution < -0.4 is 0 Å². The van der Waals surface area contributed by atoms with Crippen molar-refractivity contribution in [2.75, 3.05) is 41.3 Å². The summed E-state index contributed by atoms with van der Waals surface area (Å²) < 4.78 is 50.0. The number of methoxy groups -OCH3 is 1. The second-order valence-electron chi connectivity index (χ2n) is 20.6. The van der Waals surface area contributed by atoms with Gasteiger partial charge in [0.1, 0.15) is 42.4 Å². The number of benzene rings is 2. The molecule has 3 aliphatic heterocycles. The molecular weight excluding hydrogens is 917 g/mol. The number of nitrogens with zero attached hydrogens (tertiary/aromatic N) is 2. The SMILES string of the molecule is CCC(=O)O[C@@H]1CC(=O)O[C@@H](CCCCc2ccc3ccccc3c2)CCCN(C)C[C@H](O)[C@H](C)C[C@H](CC=O)[C@H](O[C@@H]2OC(C)[C@@H](O[C@H]3CC(C)(O)[C@@H](OC(=O)CC)C(C)O3)C(N(C)C)C2O)[C@H]1OC. The van der Waals surface area contributed by atoms with Crippen molar-refractivity contribution in [3.63, 3.8) is 0 Å². The van der Waals surface area contributed by atoms with E-state index in [1.165, 1.54) is 23.4 Å². The van der Waals surface area contributed by atoms with Crippen molar-refractivity contribution in [3.05, 3.63) is 48.0 Å². The van der Waals surface area contributed by atoms with Gasteiger partial charge in [0, 0.05) is 39.3 Å². The first kappa shape index (κ1) is 58.3. The zero-order valence-electron chi connectivity index (χ0n) is 43.8. The summed E-state index contributed by atoms with van der Waals surface area (Å²) in [4.78, 5) is 56.0. The number of carbonyl (C=O) groups excluding carboxylic acids is 4. The van der Waals surface area contributed by atoms with Gasteiger partial charge >= 0.3 is 17.9 Å². The quantitative estimate of drug-likeness (QED) is 0.0771. The lowest BCUT2D eigenvalue weighted by Crippen LogP contribution is -2.66. The molecule has 0 aliphatic carbocycles. The molecule has 0 bridgehead atoms. The van der Waals surface area contributed by atoms with Crippen LogP contribution in [0.5, 0.6) is 0 Å². The smallest absolute Gasteiger partial charge is 0.309 e. The molecular formula is C54H84N2O15. The van der Waals surface area contributed by atoms with E-state index in [2.05, 4.69) is 35.2 Å². The number of esters is 3. The Kier molecular flexibility index (Phi) is 22.7. The normalized spacial score (nSPS) is 35.2. The zero-order valence-corrected chi connectivity index (χ0v) is 43.8. The lowest BCUT2D eigenvalue weighted by molar-refractivity contribution is -0.344. The lowest BCUT2D eigenvalue weighted by Gasteiger charge is -2.50. The molecule has 2 aromatic carbocycles. The van der Waals surface area contributed by atoms with Crippen LogP contribution in [0.3, 0.4) is 0 Å². The zero-order chi connectivity index (χ0) is 52.0. The number of likely N-dealkylation sites (N-methyl/N-ethyl adjacent to an activating group) is 2. The fourth-order valence-corrected chi connectivity index (χ4v) is 10.6. The van der Waals surface area contributed by atoms with Gasteiger partial charge in [0.15, 0.2) is 18.7 Å². The Hall–Kier alpha value is -3.62. The highest BCUT2D eigenvalue weighted by Crippen LogP contribution is 2.38. The van der Waals surface area contributed by atoms with Crippen molar-refractivity contribution in [1.82, 2.24) is 9.80 Å². The molecule has 0 aromatic heterocycles. The summed E-state index contributed by atoms with van der Waals surface area (Å²) in [6.07, 6.45) is -6.68. The highest BCUT2D eigenvalue weighted by molar-refractivity contribution is 5.83. The number of unbranched alkanes of at least 4 members (excludes halogenated alkanes) is 1. The third kappa shape index (κ3) is 16.4. The Morgan fingerprint density at radius 1 is 0.930 bits per heavy atom. The maximum absolute atomic E-state index is 14.2. The van der Waals surface area contributed by atoms with Gasteiger partial charge in [-0.25, -0.2) is 0 Å². The monoisotopic (exact) mass is 1000 g/mol. The molecule has 71 heavy (non-hydrogen) atoms. The maximum Gasteiger partial charge on any atom is 0.309 e. The summed E-state index contributed by atoms with van der Waals surface area (Å²) in [6, 6.07) is 14.0. The summed E-state index contributed by atoms with van der Waals surface area (Å²) in [6.45, 7) is 11.2.